The zero-order valence-electron chi connectivity index (χ0n) is 7.00. The smallest absolute Gasteiger partial charge is 0.308 e. The molecule has 0 spiro atoms. The molecule has 3 nitrogen and oxygen atoms in total. The van der Waals surface area contributed by atoms with E-state index in [0.29, 0.717) is 5.92 Å². The molecule has 2 N–H and O–H groups in total. The molecule has 1 saturated heterocycles. The zero-order valence-corrected chi connectivity index (χ0v) is 7.00. The fourth-order valence-electron chi connectivity index (χ4n) is 1.70. The highest BCUT2D eigenvalue weighted by Crippen LogP contribution is 2.21. The second kappa shape index (κ2) is 3.22. The number of carboxylic acid groups (broad SMARTS) is 1. The fourth-order valence-corrected chi connectivity index (χ4v) is 1.70. The molecule has 1 fully saturated rings. The van der Waals surface area contributed by atoms with Crippen molar-refractivity contribution < 1.29 is 9.90 Å². The molecule has 1 heterocycles. The van der Waals surface area contributed by atoms with Crippen molar-refractivity contribution in [3.63, 3.8) is 0 Å². The van der Waals surface area contributed by atoms with Crippen LogP contribution in [0.15, 0.2) is 0 Å². The first-order chi connectivity index (χ1) is 5.13. The molecule has 0 radical (unpaired) electrons. The maximum Gasteiger partial charge on any atom is 0.308 e. The van der Waals surface area contributed by atoms with Gasteiger partial charge in [-0.15, -0.1) is 0 Å². The standard InChI is InChI=1S/C8H15NO2/c1-5(2)7-6(8(10)11)3-4-9-7/h5-7,9H,3-4H2,1-2H3,(H,10,11). The highest BCUT2D eigenvalue weighted by molar-refractivity contribution is 5.71. The molecule has 1 rings (SSSR count). The van der Waals surface area contributed by atoms with Crippen LogP contribution in [0.3, 0.4) is 0 Å². The van der Waals surface area contributed by atoms with Gasteiger partial charge in [0.05, 0.1) is 5.92 Å². The summed E-state index contributed by atoms with van der Waals surface area (Å²) >= 11 is 0. The minimum Gasteiger partial charge on any atom is -0.481 e. The first-order valence-electron chi connectivity index (χ1n) is 4.09. The molecular formula is C8H15NO2. The molecule has 0 aromatic rings. The van der Waals surface area contributed by atoms with E-state index in [1.165, 1.54) is 0 Å². The number of nitrogens with one attached hydrogen (secondary N) is 1. The molecule has 0 aliphatic carbocycles. The molecule has 0 aromatic carbocycles. The summed E-state index contributed by atoms with van der Waals surface area (Å²) in [6.45, 7) is 4.96. The Kier molecular flexibility index (Phi) is 2.49. The van der Waals surface area contributed by atoms with Gasteiger partial charge in [0.25, 0.3) is 0 Å². The predicted octanol–water partition coefficient (Wildman–Crippen LogP) is 0.705. The van der Waals surface area contributed by atoms with E-state index in [1.807, 2.05) is 0 Å². The molecule has 1 aliphatic rings. The van der Waals surface area contributed by atoms with E-state index in [0.717, 1.165) is 13.0 Å². The minimum absolute atomic E-state index is 0.171. The van der Waals surface area contributed by atoms with E-state index in [1.54, 1.807) is 0 Å². The van der Waals surface area contributed by atoms with E-state index >= 15 is 0 Å². The van der Waals surface area contributed by atoms with Crippen LogP contribution in [0.5, 0.6) is 0 Å². The van der Waals surface area contributed by atoms with Crippen molar-refractivity contribution in [1.29, 1.82) is 0 Å². The first kappa shape index (κ1) is 8.53. The Labute approximate surface area is 66.8 Å². The monoisotopic (exact) mass is 157 g/mol. The third-order valence-corrected chi connectivity index (χ3v) is 2.30. The average molecular weight is 157 g/mol. The summed E-state index contributed by atoms with van der Waals surface area (Å²) in [6, 6.07) is 0.174. The minimum atomic E-state index is -0.659. The molecule has 1 aliphatic heterocycles. The van der Waals surface area contributed by atoms with Crippen LogP contribution in [0.4, 0.5) is 0 Å². The quantitative estimate of drug-likeness (QED) is 0.620. The van der Waals surface area contributed by atoms with Gasteiger partial charge in [-0.25, -0.2) is 0 Å². The topological polar surface area (TPSA) is 49.3 Å². The van der Waals surface area contributed by atoms with Gasteiger partial charge in [0, 0.05) is 6.04 Å². The lowest BCUT2D eigenvalue weighted by Crippen LogP contribution is -2.35. The Balaban J connectivity index is 2.58. The molecule has 0 aromatic heterocycles. The summed E-state index contributed by atoms with van der Waals surface area (Å²) in [5.41, 5.74) is 0. The normalized spacial score (nSPS) is 31.2. The van der Waals surface area contributed by atoms with Crippen LogP contribution in [-0.2, 0) is 4.79 Å². The van der Waals surface area contributed by atoms with Gasteiger partial charge in [-0.1, -0.05) is 13.8 Å². The number of carboxylic acids is 1. The molecule has 2 unspecified atom stereocenters. The van der Waals surface area contributed by atoms with Crippen molar-refractivity contribution in [3.8, 4) is 0 Å². The predicted molar refractivity (Wildman–Crippen MR) is 42.4 cm³/mol. The van der Waals surface area contributed by atoms with Gasteiger partial charge in [0.15, 0.2) is 0 Å². The number of carbonyl (C=O) groups is 1. The summed E-state index contributed by atoms with van der Waals surface area (Å²) in [6.07, 6.45) is 0.776. The maximum absolute atomic E-state index is 10.7. The molecule has 64 valence electrons. The third-order valence-electron chi connectivity index (χ3n) is 2.30. The van der Waals surface area contributed by atoms with Crippen molar-refractivity contribution in [2.24, 2.45) is 11.8 Å². The lowest BCUT2D eigenvalue weighted by molar-refractivity contribution is -0.142. The molecule has 0 saturated carbocycles. The maximum atomic E-state index is 10.7. The van der Waals surface area contributed by atoms with Gasteiger partial charge >= 0.3 is 5.97 Å². The van der Waals surface area contributed by atoms with Crippen LogP contribution >= 0.6 is 0 Å². The van der Waals surface area contributed by atoms with Crippen molar-refractivity contribution in [1.82, 2.24) is 5.32 Å². The Bertz CT molecular complexity index is 156. The van der Waals surface area contributed by atoms with Crippen LogP contribution in [0, 0.1) is 11.8 Å². The lowest BCUT2D eigenvalue weighted by atomic mass is 9.92. The van der Waals surface area contributed by atoms with Crippen molar-refractivity contribution in [2.75, 3.05) is 6.54 Å². The Hall–Kier alpha value is -0.570. The largest absolute Gasteiger partial charge is 0.481 e. The highest BCUT2D eigenvalue weighted by Gasteiger charge is 2.34. The molecular weight excluding hydrogens is 142 g/mol. The second-order valence-electron chi connectivity index (χ2n) is 3.46. The molecule has 0 bridgehead atoms. The van der Waals surface area contributed by atoms with E-state index < -0.39 is 5.97 Å². The Morgan fingerprint density at radius 1 is 1.64 bits per heavy atom. The Morgan fingerprint density at radius 3 is 2.64 bits per heavy atom. The summed E-state index contributed by atoms with van der Waals surface area (Å²) < 4.78 is 0. The first-order valence-corrected chi connectivity index (χ1v) is 4.09. The summed E-state index contributed by atoms with van der Waals surface area (Å²) in [7, 11) is 0. The summed E-state index contributed by atoms with van der Waals surface area (Å²) in [5.74, 6) is -0.415. The lowest BCUT2D eigenvalue weighted by Gasteiger charge is -2.19. The molecule has 2 atom stereocenters. The van der Waals surface area contributed by atoms with E-state index in [4.69, 9.17) is 5.11 Å². The molecule has 3 heteroatoms. The van der Waals surface area contributed by atoms with Crippen molar-refractivity contribution in [3.05, 3.63) is 0 Å². The van der Waals surface area contributed by atoms with Gasteiger partial charge in [-0.2, -0.15) is 0 Å². The second-order valence-corrected chi connectivity index (χ2v) is 3.46. The van der Waals surface area contributed by atoms with Crippen LogP contribution < -0.4 is 5.32 Å². The van der Waals surface area contributed by atoms with Crippen LogP contribution in [-0.4, -0.2) is 23.7 Å². The zero-order chi connectivity index (χ0) is 8.43. The van der Waals surface area contributed by atoms with Crippen molar-refractivity contribution >= 4 is 5.97 Å². The van der Waals surface area contributed by atoms with E-state index in [-0.39, 0.29) is 12.0 Å². The van der Waals surface area contributed by atoms with E-state index in [9.17, 15) is 4.79 Å². The average Bonchev–Trinajstić information content (AvgIpc) is 2.32. The van der Waals surface area contributed by atoms with Gasteiger partial charge < -0.3 is 10.4 Å². The molecule has 11 heavy (non-hydrogen) atoms. The van der Waals surface area contributed by atoms with Gasteiger partial charge in [-0.3, -0.25) is 4.79 Å². The highest BCUT2D eigenvalue weighted by atomic mass is 16.4. The fraction of sp³-hybridized carbons (Fsp3) is 0.875. The van der Waals surface area contributed by atoms with Gasteiger partial charge in [0.2, 0.25) is 0 Å². The number of rotatable bonds is 2. The third kappa shape index (κ3) is 1.71. The van der Waals surface area contributed by atoms with Gasteiger partial charge in [-0.05, 0) is 18.9 Å². The van der Waals surface area contributed by atoms with Crippen molar-refractivity contribution in [2.45, 2.75) is 26.3 Å². The van der Waals surface area contributed by atoms with E-state index in [2.05, 4.69) is 19.2 Å². The Morgan fingerprint density at radius 2 is 2.27 bits per heavy atom. The molecule has 0 amide bonds. The van der Waals surface area contributed by atoms with Crippen LogP contribution in [0.1, 0.15) is 20.3 Å². The van der Waals surface area contributed by atoms with Crippen LogP contribution in [0.25, 0.3) is 0 Å². The SMILES string of the molecule is CC(C)C1NCCC1C(=O)O. The number of aliphatic carboxylic acids is 1. The number of hydrogen-bond donors (Lipinski definition) is 2. The number of hydrogen-bond acceptors (Lipinski definition) is 2. The summed E-state index contributed by atoms with van der Waals surface area (Å²) in [4.78, 5) is 10.7. The van der Waals surface area contributed by atoms with Gasteiger partial charge in [0.1, 0.15) is 0 Å². The summed E-state index contributed by atoms with van der Waals surface area (Å²) in [5, 5.41) is 12.0. The van der Waals surface area contributed by atoms with Crippen LogP contribution in [0.2, 0.25) is 0 Å².